The van der Waals surface area contributed by atoms with Gasteiger partial charge in [-0.3, -0.25) is 14.4 Å². The predicted octanol–water partition coefficient (Wildman–Crippen LogP) is 2.30. The Morgan fingerprint density at radius 3 is 2.69 bits per heavy atom. The third-order valence-electron chi connectivity index (χ3n) is 8.86. The van der Waals surface area contributed by atoms with Crippen LogP contribution in [0.15, 0.2) is 11.6 Å². The Morgan fingerprint density at radius 2 is 1.97 bits per heavy atom. The van der Waals surface area contributed by atoms with E-state index in [4.69, 9.17) is 4.74 Å². The number of nitrogens with zero attached hydrogens (tertiary/aromatic N) is 1. The van der Waals surface area contributed by atoms with Crippen molar-refractivity contribution in [2.45, 2.75) is 65.2 Å². The highest BCUT2D eigenvalue weighted by Crippen LogP contribution is 2.57. The summed E-state index contributed by atoms with van der Waals surface area (Å²) in [5, 5.41) is 11.2. The van der Waals surface area contributed by atoms with Gasteiger partial charge in [-0.05, 0) is 49.4 Å². The van der Waals surface area contributed by atoms with Gasteiger partial charge >= 0.3 is 5.97 Å². The second-order valence-electron chi connectivity index (χ2n) is 10.6. The van der Waals surface area contributed by atoms with Crippen molar-refractivity contribution in [3.05, 3.63) is 11.6 Å². The van der Waals surface area contributed by atoms with Crippen molar-refractivity contribution >= 4 is 17.7 Å². The van der Waals surface area contributed by atoms with E-state index in [9.17, 15) is 19.5 Å². The largest absolute Gasteiger partial charge is 0.455 e. The Morgan fingerprint density at radius 1 is 1.24 bits per heavy atom. The van der Waals surface area contributed by atoms with Crippen LogP contribution in [0.5, 0.6) is 0 Å². The van der Waals surface area contributed by atoms with Gasteiger partial charge in [-0.2, -0.15) is 0 Å². The van der Waals surface area contributed by atoms with Gasteiger partial charge in [0.05, 0.1) is 0 Å². The summed E-state index contributed by atoms with van der Waals surface area (Å²) < 4.78 is 5.47. The second-order valence-corrected chi connectivity index (χ2v) is 10.6. The Balaban J connectivity index is 1.53. The van der Waals surface area contributed by atoms with E-state index in [2.05, 4.69) is 33.8 Å². The van der Waals surface area contributed by atoms with Gasteiger partial charge in [0.1, 0.15) is 11.8 Å². The number of aliphatic hydroxyl groups is 1. The number of rotatable bonds is 2. The lowest BCUT2D eigenvalue weighted by Gasteiger charge is -2.51. The third-order valence-corrected chi connectivity index (χ3v) is 8.86. The molecule has 6 nitrogen and oxygen atoms in total. The highest BCUT2D eigenvalue weighted by Gasteiger charge is 2.74. The summed E-state index contributed by atoms with van der Waals surface area (Å²) in [4.78, 5) is 40.8. The van der Waals surface area contributed by atoms with Gasteiger partial charge in [0.25, 0.3) is 0 Å². The number of fused-ring (bicyclic) bond motifs is 1. The predicted molar refractivity (Wildman–Crippen MR) is 104 cm³/mol. The molecule has 0 radical (unpaired) electrons. The van der Waals surface area contributed by atoms with Gasteiger partial charge in [-0.25, -0.2) is 0 Å². The van der Waals surface area contributed by atoms with Crippen LogP contribution in [-0.2, 0) is 19.1 Å². The molecule has 0 aromatic carbocycles. The van der Waals surface area contributed by atoms with Crippen molar-refractivity contribution < 1.29 is 24.2 Å². The second kappa shape index (κ2) is 5.93. The first-order chi connectivity index (χ1) is 13.6. The number of amides is 1. The average Bonchev–Trinajstić information content (AvgIpc) is 3.18. The van der Waals surface area contributed by atoms with Gasteiger partial charge in [0.2, 0.25) is 5.91 Å². The first-order valence-electron chi connectivity index (χ1n) is 11.1. The summed E-state index contributed by atoms with van der Waals surface area (Å²) in [5.74, 6) is -2.22. The summed E-state index contributed by atoms with van der Waals surface area (Å²) in [5.41, 5.74) is -0.498. The maximum absolute atomic E-state index is 13.9. The van der Waals surface area contributed by atoms with Gasteiger partial charge in [0, 0.05) is 12.5 Å². The molecule has 9 unspecified atom stereocenters. The molecule has 3 heterocycles. The van der Waals surface area contributed by atoms with Crippen LogP contribution in [0.1, 0.15) is 53.4 Å². The highest BCUT2D eigenvalue weighted by molar-refractivity contribution is 6.07. The van der Waals surface area contributed by atoms with Crippen LogP contribution in [0, 0.1) is 40.9 Å². The molecule has 6 heteroatoms. The SMILES string of the molecule is CC1=CC2(C)CC(C)CCC2C(C(=O)C2C(=O)N3CCC4C(=O)OC2C43O)C1C. The standard InChI is InChI=1S/C23H31NO5/c1-11-5-6-14-16(13(3)12(2)10-22(14,4)9-11)18(25)17-19-23(28)15(21(27)29-19)7-8-24(23)20(17)26/h10-11,13-17,19,28H,5-9H2,1-4H3. The van der Waals surface area contributed by atoms with Gasteiger partial charge in [-0.15, -0.1) is 0 Å². The summed E-state index contributed by atoms with van der Waals surface area (Å²) in [6.45, 7) is 8.98. The molecule has 1 saturated carbocycles. The number of esters is 1. The zero-order chi connectivity index (χ0) is 20.9. The van der Waals surface area contributed by atoms with Gasteiger partial charge < -0.3 is 14.7 Å². The quantitative estimate of drug-likeness (QED) is 0.436. The first-order valence-corrected chi connectivity index (χ1v) is 11.1. The fraction of sp³-hybridized carbons (Fsp3) is 0.783. The Bertz CT molecular complexity index is 835. The van der Waals surface area contributed by atoms with Crippen LogP contribution >= 0.6 is 0 Å². The number of ether oxygens (including phenoxy) is 1. The van der Waals surface area contributed by atoms with Crippen LogP contribution < -0.4 is 0 Å². The number of hydrogen-bond donors (Lipinski definition) is 1. The molecule has 158 valence electrons. The molecule has 4 fully saturated rings. The van der Waals surface area contributed by atoms with Gasteiger partial charge in [0.15, 0.2) is 17.6 Å². The summed E-state index contributed by atoms with van der Waals surface area (Å²) >= 11 is 0. The van der Waals surface area contributed by atoms with Crippen LogP contribution in [-0.4, -0.2) is 46.0 Å². The van der Waals surface area contributed by atoms with Crippen molar-refractivity contribution in [1.29, 1.82) is 0 Å². The minimum atomic E-state index is -1.64. The molecule has 3 aliphatic heterocycles. The highest BCUT2D eigenvalue weighted by atomic mass is 16.6. The van der Waals surface area contributed by atoms with Crippen molar-refractivity contribution in [3.8, 4) is 0 Å². The lowest BCUT2D eigenvalue weighted by atomic mass is 9.52. The zero-order valence-corrected chi connectivity index (χ0v) is 17.7. The molecule has 0 aromatic heterocycles. The first kappa shape index (κ1) is 19.3. The maximum Gasteiger partial charge on any atom is 0.314 e. The van der Waals surface area contributed by atoms with Crippen LogP contribution in [0.3, 0.4) is 0 Å². The number of Topliss-reactive ketones (excluding diaryl/α,β-unsaturated/α-hetero) is 1. The van der Waals surface area contributed by atoms with E-state index in [0.29, 0.717) is 18.9 Å². The van der Waals surface area contributed by atoms with E-state index in [1.54, 1.807) is 0 Å². The molecule has 0 spiro atoms. The molecule has 29 heavy (non-hydrogen) atoms. The van der Waals surface area contributed by atoms with E-state index in [1.807, 2.05) is 0 Å². The normalized spacial score (nSPS) is 50.9. The van der Waals surface area contributed by atoms with Crippen molar-refractivity contribution in [1.82, 2.24) is 4.90 Å². The summed E-state index contributed by atoms with van der Waals surface area (Å²) in [6.07, 6.45) is 4.78. The topological polar surface area (TPSA) is 83.9 Å². The van der Waals surface area contributed by atoms with Gasteiger partial charge in [-0.1, -0.05) is 38.8 Å². The van der Waals surface area contributed by atoms with E-state index >= 15 is 0 Å². The van der Waals surface area contributed by atoms with Crippen molar-refractivity contribution in [2.24, 2.45) is 40.9 Å². The number of carbonyl (C=O) groups excluding carboxylic acids is 3. The maximum atomic E-state index is 13.9. The number of hydrogen-bond acceptors (Lipinski definition) is 5. The van der Waals surface area contributed by atoms with Crippen molar-refractivity contribution in [2.75, 3.05) is 6.54 Å². The molecule has 0 bridgehead atoms. The molecule has 9 atom stereocenters. The fourth-order valence-corrected chi connectivity index (χ4v) is 7.43. The Kier molecular flexibility index (Phi) is 3.94. The van der Waals surface area contributed by atoms with Crippen molar-refractivity contribution in [3.63, 3.8) is 0 Å². The Labute approximate surface area is 171 Å². The third kappa shape index (κ3) is 2.30. The summed E-state index contributed by atoms with van der Waals surface area (Å²) in [6, 6.07) is 0. The molecule has 2 aliphatic carbocycles. The zero-order valence-electron chi connectivity index (χ0n) is 17.7. The number of ketones is 1. The minimum Gasteiger partial charge on any atom is -0.455 e. The van der Waals surface area contributed by atoms with E-state index in [-0.39, 0.29) is 34.9 Å². The van der Waals surface area contributed by atoms with E-state index < -0.39 is 29.6 Å². The molecule has 3 saturated heterocycles. The molecule has 5 rings (SSSR count). The molecular weight excluding hydrogens is 370 g/mol. The lowest BCUT2D eigenvalue weighted by molar-refractivity contribution is -0.151. The molecule has 5 aliphatic rings. The molecular formula is C23H31NO5. The van der Waals surface area contributed by atoms with Crippen LogP contribution in [0.2, 0.25) is 0 Å². The summed E-state index contributed by atoms with van der Waals surface area (Å²) in [7, 11) is 0. The van der Waals surface area contributed by atoms with E-state index in [1.165, 1.54) is 10.5 Å². The van der Waals surface area contributed by atoms with Crippen LogP contribution in [0.4, 0.5) is 0 Å². The Hall–Kier alpha value is -1.69. The smallest absolute Gasteiger partial charge is 0.314 e. The number of allylic oxidation sites excluding steroid dienone is 2. The average molecular weight is 402 g/mol. The lowest BCUT2D eigenvalue weighted by Crippen LogP contribution is -2.50. The minimum absolute atomic E-state index is 0.0415. The number of carbonyl (C=O) groups is 3. The molecule has 1 N–H and O–H groups in total. The molecule has 0 aromatic rings. The van der Waals surface area contributed by atoms with E-state index in [0.717, 1.165) is 19.3 Å². The molecule has 1 amide bonds. The monoisotopic (exact) mass is 401 g/mol. The fourth-order valence-electron chi connectivity index (χ4n) is 7.43. The van der Waals surface area contributed by atoms with Crippen LogP contribution in [0.25, 0.3) is 0 Å².